The zero-order valence-corrected chi connectivity index (χ0v) is 11.3. The predicted octanol–water partition coefficient (Wildman–Crippen LogP) is 1.59. The molecule has 1 fully saturated rings. The lowest BCUT2D eigenvalue weighted by Crippen LogP contribution is -2.44. The summed E-state index contributed by atoms with van der Waals surface area (Å²) in [5.41, 5.74) is 0.925. The molecule has 0 atom stereocenters. The number of thiazole rings is 1. The molecule has 1 aromatic rings. The maximum Gasteiger partial charge on any atom is 0.315 e. The minimum Gasteiger partial charge on any atom is -0.481 e. The van der Waals surface area contributed by atoms with Crippen LogP contribution < -0.4 is 10.6 Å². The molecule has 0 aliphatic heterocycles. The molecular weight excluding hydrogens is 266 g/mol. The number of urea groups is 1. The summed E-state index contributed by atoms with van der Waals surface area (Å²) in [6.45, 7) is 0.605. The van der Waals surface area contributed by atoms with Crippen molar-refractivity contribution in [3.8, 4) is 0 Å². The fourth-order valence-electron chi connectivity index (χ4n) is 2.33. The van der Waals surface area contributed by atoms with E-state index in [1.165, 1.54) is 11.3 Å². The Morgan fingerprint density at radius 3 is 2.68 bits per heavy atom. The Kier molecular flexibility index (Phi) is 4.36. The van der Waals surface area contributed by atoms with Gasteiger partial charge in [-0.15, -0.1) is 11.3 Å². The van der Waals surface area contributed by atoms with E-state index in [0.29, 0.717) is 19.4 Å². The molecule has 0 radical (unpaired) electrons. The van der Waals surface area contributed by atoms with Crippen molar-refractivity contribution in [3.63, 3.8) is 0 Å². The molecular formula is C12H17N3O3S. The number of hydrogen-bond donors (Lipinski definition) is 3. The van der Waals surface area contributed by atoms with Crippen LogP contribution in [0.1, 0.15) is 30.6 Å². The lowest BCUT2D eigenvalue weighted by atomic mass is 9.86. The van der Waals surface area contributed by atoms with Gasteiger partial charge >= 0.3 is 12.0 Å². The smallest absolute Gasteiger partial charge is 0.315 e. The number of amides is 2. The number of aromatic nitrogens is 1. The number of carbonyl (C=O) groups excluding carboxylic acids is 1. The van der Waals surface area contributed by atoms with Gasteiger partial charge in [-0.3, -0.25) is 9.78 Å². The number of nitrogens with one attached hydrogen (secondary N) is 2. The minimum atomic E-state index is -0.812. The summed E-state index contributed by atoms with van der Waals surface area (Å²) in [7, 11) is 0. The first-order valence-electron chi connectivity index (χ1n) is 6.25. The lowest BCUT2D eigenvalue weighted by molar-refractivity contribution is -0.148. The highest BCUT2D eigenvalue weighted by Crippen LogP contribution is 2.37. The number of nitrogens with zero attached hydrogens (tertiary/aromatic N) is 1. The average Bonchev–Trinajstić information content (AvgIpc) is 3.05. The molecule has 0 bridgehead atoms. The topological polar surface area (TPSA) is 91.3 Å². The summed E-state index contributed by atoms with van der Waals surface area (Å²) >= 11 is 1.46. The maximum absolute atomic E-state index is 11.6. The van der Waals surface area contributed by atoms with Crippen LogP contribution in [0.15, 0.2) is 11.7 Å². The van der Waals surface area contributed by atoms with Crippen LogP contribution in [0.4, 0.5) is 4.79 Å². The largest absolute Gasteiger partial charge is 0.481 e. The molecule has 0 saturated heterocycles. The molecule has 2 rings (SSSR count). The van der Waals surface area contributed by atoms with Gasteiger partial charge in [0.15, 0.2) is 0 Å². The summed E-state index contributed by atoms with van der Waals surface area (Å²) in [5, 5.41) is 14.6. The van der Waals surface area contributed by atoms with Gasteiger partial charge in [0.25, 0.3) is 0 Å². The fraction of sp³-hybridized carbons (Fsp3) is 0.583. The first-order valence-corrected chi connectivity index (χ1v) is 7.13. The molecule has 7 heteroatoms. The summed E-state index contributed by atoms with van der Waals surface area (Å²) in [6.07, 6.45) is 4.79. The second-order valence-electron chi connectivity index (χ2n) is 4.80. The van der Waals surface area contributed by atoms with Crippen LogP contribution in [-0.4, -0.2) is 28.6 Å². The second-order valence-corrected chi connectivity index (χ2v) is 5.77. The van der Waals surface area contributed by atoms with Gasteiger partial charge in [0, 0.05) is 17.6 Å². The van der Waals surface area contributed by atoms with Crippen LogP contribution in [0.5, 0.6) is 0 Å². The summed E-state index contributed by atoms with van der Waals surface area (Å²) < 4.78 is 0. The van der Waals surface area contributed by atoms with Crippen molar-refractivity contribution in [2.45, 2.75) is 32.2 Å². The van der Waals surface area contributed by atoms with E-state index in [9.17, 15) is 14.7 Å². The Bertz CT molecular complexity index is 441. The van der Waals surface area contributed by atoms with Crippen molar-refractivity contribution in [1.29, 1.82) is 0 Å². The van der Waals surface area contributed by atoms with E-state index in [2.05, 4.69) is 15.6 Å². The summed E-state index contributed by atoms with van der Waals surface area (Å²) in [6, 6.07) is -0.332. The highest BCUT2D eigenvalue weighted by atomic mass is 32.1. The standard InChI is InChI=1S/C12H17N3O3S/c16-10(17)12(3-1-2-4-12)7-15-11(18)14-6-9-5-13-8-19-9/h5,8H,1-4,6-7H2,(H,16,17)(H2,14,15,18). The van der Waals surface area contributed by atoms with Crippen molar-refractivity contribution < 1.29 is 14.7 Å². The summed E-state index contributed by atoms with van der Waals surface area (Å²) in [4.78, 5) is 27.8. The number of aliphatic carboxylic acids is 1. The molecule has 1 saturated carbocycles. The van der Waals surface area contributed by atoms with Crippen molar-refractivity contribution in [1.82, 2.24) is 15.6 Å². The normalized spacial score (nSPS) is 17.1. The summed E-state index contributed by atoms with van der Waals surface area (Å²) in [5.74, 6) is -0.812. The van der Waals surface area contributed by atoms with Crippen LogP contribution in [0, 0.1) is 5.41 Å². The fourth-order valence-corrected chi connectivity index (χ4v) is 2.86. The molecule has 104 valence electrons. The van der Waals surface area contributed by atoms with Crippen LogP contribution >= 0.6 is 11.3 Å². The van der Waals surface area contributed by atoms with Gasteiger partial charge in [-0.05, 0) is 12.8 Å². The molecule has 1 aliphatic rings. The van der Waals surface area contributed by atoms with Crippen molar-refractivity contribution in [2.75, 3.05) is 6.54 Å². The van der Waals surface area contributed by atoms with Crippen LogP contribution in [0.3, 0.4) is 0 Å². The number of carboxylic acid groups (broad SMARTS) is 1. The van der Waals surface area contributed by atoms with Crippen LogP contribution in [-0.2, 0) is 11.3 Å². The van der Waals surface area contributed by atoms with Crippen molar-refractivity contribution in [3.05, 3.63) is 16.6 Å². The first-order chi connectivity index (χ1) is 9.12. The molecule has 0 spiro atoms. The van der Waals surface area contributed by atoms with Crippen molar-refractivity contribution in [2.24, 2.45) is 5.41 Å². The quantitative estimate of drug-likeness (QED) is 0.765. The molecule has 0 unspecified atom stereocenters. The average molecular weight is 283 g/mol. The lowest BCUT2D eigenvalue weighted by Gasteiger charge is -2.23. The van der Waals surface area contributed by atoms with Gasteiger partial charge in [0.1, 0.15) is 0 Å². The van der Waals surface area contributed by atoms with E-state index < -0.39 is 11.4 Å². The van der Waals surface area contributed by atoms with E-state index >= 15 is 0 Å². The molecule has 2 amide bonds. The first kappa shape index (κ1) is 13.8. The highest BCUT2D eigenvalue weighted by molar-refractivity contribution is 7.09. The SMILES string of the molecule is O=C(NCc1cncs1)NCC1(C(=O)O)CCCC1. The van der Waals surface area contributed by atoms with Gasteiger partial charge in [0.2, 0.25) is 0 Å². The maximum atomic E-state index is 11.6. The number of carbonyl (C=O) groups is 2. The zero-order chi connectivity index (χ0) is 13.7. The third-order valence-electron chi connectivity index (χ3n) is 3.51. The third kappa shape index (κ3) is 3.44. The zero-order valence-electron chi connectivity index (χ0n) is 10.5. The van der Waals surface area contributed by atoms with Gasteiger partial charge in [-0.1, -0.05) is 12.8 Å². The Morgan fingerprint density at radius 2 is 2.11 bits per heavy atom. The van der Waals surface area contributed by atoms with E-state index in [0.717, 1.165) is 17.7 Å². The Morgan fingerprint density at radius 1 is 1.37 bits per heavy atom. The van der Waals surface area contributed by atoms with Gasteiger partial charge in [0.05, 0.1) is 17.5 Å². The number of carboxylic acids is 1. The van der Waals surface area contributed by atoms with E-state index in [1.807, 2.05) is 0 Å². The van der Waals surface area contributed by atoms with Crippen LogP contribution in [0.25, 0.3) is 0 Å². The van der Waals surface area contributed by atoms with Crippen molar-refractivity contribution >= 4 is 23.3 Å². The number of hydrogen-bond acceptors (Lipinski definition) is 4. The molecule has 19 heavy (non-hydrogen) atoms. The molecule has 3 N–H and O–H groups in total. The molecule has 1 heterocycles. The molecule has 0 aromatic carbocycles. The number of rotatable bonds is 5. The second kappa shape index (κ2) is 6.01. The molecule has 1 aromatic heterocycles. The Labute approximate surface area is 115 Å². The van der Waals surface area contributed by atoms with Crippen LogP contribution in [0.2, 0.25) is 0 Å². The molecule has 1 aliphatic carbocycles. The highest BCUT2D eigenvalue weighted by Gasteiger charge is 2.41. The Hall–Kier alpha value is -1.63. The van der Waals surface area contributed by atoms with E-state index in [4.69, 9.17) is 0 Å². The predicted molar refractivity (Wildman–Crippen MR) is 70.9 cm³/mol. The van der Waals surface area contributed by atoms with E-state index in [1.54, 1.807) is 11.7 Å². The minimum absolute atomic E-state index is 0.191. The van der Waals surface area contributed by atoms with Gasteiger partial charge in [-0.2, -0.15) is 0 Å². The Balaban J connectivity index is 1.77. The monoisotopic (exact) mass is 283 g/mol. The third-order valence-corrected chi connectivity index (χ3v) is 4.29. The molecule has 6 nitrogen and oxygen atoms in total. The van der Waals surface area contributed by atoms with Gasteiger partial charge in [-0.25, -0.2) is 4.79 Å². The van der Waals surface area contributed by atoms with E-state index in [-0.39, 0.29) is 12.6 Å². The van der Waals surface area contributed by atoms with Gasteiger partial charge < -0.3 is 15.7 Å².